The Balaban J connectivity index is 1.76. The van der Waals surface area contributed by atoms with E-state index in [0.29, 0.717) is 5.78 Å². The van der Waals surface area contributed by atoms with Gasteiger partial charge in [-0.3, -0.25) is 18.6 Å². The molecular formula is C22H25N5O4. The molecule has 1 aromatic carbocycles. The third-order valence-corrected chi connectivity index (χ3v) is 5.63. The van der Waals surface area contributed by atoms with Gasteiger partial charge in [0.15, 0.2) is 11.2 Å². The Labute approximate surface area is 178 Å². The van der Waals surface area contributed by atoms with E-state index in [9.17, 15) is 14.4 Å². The van der Waals surface area contributed by atoms with Crippen LogP contribution < -0.4 is 11.2 Å². The summed E-state index contributed by atoms with van der Waals surface area (Å²) in [6, 6.07) is 9.40. The second kappa shape index (κ2) is 7.90. The summed E-state index contributed by atoms with van der Waals surface area (Å²) in [4.78, 5) is 43.0. The van der Waals surface area contributed by atoms with Crippen LogP contribution in [0.25, 0.3) is 16.9 Å². The first kappa shape index (κ1) is 20.6. The summed E-state index contributed by atoms with van der Waals surface area (Å²) in [5, 5.41) is 0. The summed E-state index contributed by atoms with van der Waals surface area (Å²) in [5.74, 6) is -0.0603. The molecule has 0 saturated heterocycles. The first-order chi connectivity index (χ1) is 14.8. The van der Waals surface area contributed by atoms with Gasteiger partial charge in [0.05, 0.1) is 0 Å². The Bertz CT molecular complexity index is 1390. The molecule has 4 rings (SSSR count). The Morgan fingerprint density at radius 1 is 1.19 bits per heavy atom. The number of hydrogen-bond acceptors (Lipinski definition) is 5. The van der Waals surface area contributed by atoms with E-state index in [2.05, 4.69) is 18.8 Å². The van der Waals surface area contributed by atoms with Crippen molar-refractivity contribution in [1.82, 2.24) is 23.1 Å². The molecule has 0 bridgehead atoms. The number of benzene rings is 1. The van der Waals surface area contributed by atoms with Crippen LogP contribution in [0.15, 0.2) is 46.1 Å². The number of nitrogens with zero attached hydrogens (tertiary/aromatic N) is 5. The fourth-order valence-electron chi connectivity index (χ4n) is 3.81. The molecule has 31 heavy (non-hydrogen) atoms. The van der Waals surface area contributed by atoms with Crippen molar-refractivity contribution in [3.63, 3.8) is 0 Å². The van der Waals surface area contributed by atoms with Crippen molar-refractivity contribution >= 4 is 22.9 Å². The average Bonchev–Trinajstić information content (AvgIpc) is 3.28. The summed E-state index contributed by atoms with van der Waals surface area (Å²) in [6.45, 7) is 5.71. The minimum Gasteiger partial charge on any atom is -0.459 e. The summed E-state index contributed by atoms with van der Waals surface area (Å²) in [5.41, 5.74) is 1.16. The van der Waals surface area contributed by atoms with Gasteiger partial charge < -0.3 is 9.30 Å². The zero-order chi connectivity index (χ0) is 22.3. The van der Waals surface area contributed by atoms with Crippen LogP contribution in [-0.4, -0.2) is 29.1 Å². The molecule has 0 aliphatic carbocycles. The number of hydrogen-bond donors (Lipinski definition) is 0. The Morgan fingerprint density at radius 3 is 2.58 bits per heavy atom. The van der Waals surface area contributed by atoms with Crippen molar-refractivity contribution in [1.29, 1.82) is 0 Å². The van der Waals surface area contributed by atoms with Gasteiger partial charge in [0.25, 0.3) is 5.56 Å². The van der Waals surface area contributed by atoms with Crippen LogP contribution in [0.3, 0.4) is 0 Å². The van der Waals surface area contributed by atoms with Crippen molar-refractivity contribution in [3.05, 3.63) is 68.6 Å². The van der Waals surface area contributed by atoms with Crippen LogP contribution in [0.1, 0.15) is 37.6 Å². The lowest BCUT2D eigenvalue weighted by molar-refractivity contribution is -0.145. The Hall–Kier alpha value is -3.62. The molecule has 0 saturated carbocycles. The number of aryl methyl sites for hydroxylation is 2. The quantitative estimate of drug-likeness (QED) is 0.443. The number of esters is 1. The van der Waals surface area contributed by atoms with E-state index in [0.717, 1.165) is 22.2 Å². The van der Waals surface area contributed by atoms with Crippen LogP contribution in [0.2, 0.25) is 0 Å². The lowest BCUT2D eigenvalue weighted by Crippen LogP contribution is -2.41. The van der Waals surface area contributed by atoms with E-state index in [-0.39, 0.29) is 23.8 Å². The van der Waals surface area contributed by atoms with E-state index in [1.165, 1.54) is 4.57 Å². The predicted octanol–water partition coefficient (Wildman–Crippen LogP) is 2.17. The fourth-order valence-corrected chi connectivity index (χ4v) is 3.81. The van der Waals surface area contributed by atoms with Gasteiger partial charge in [-0.2, -0.15) is 4.98 Å². The van der Waals surface area contributed by atoms with Crippen LogP contribution in [0, 0.1) is 6.92 Å². The molecule has 9 nitrogen and oxygen atoms in total. The lowest BCUT2D eigenvalue weighted by Gasteiger charge is -2.12. The first-order valence-corrected chi connectivity index (χ1v) is 10.2. The molecule has 3 aromatic heterocycles. The number of fused-ring (bicyclic) bond motifs is 3. The maximum atomic E-state index is 13.2. The van der Waals surface area contributed by atoms with Gasteiger partial charge in [0.2, 0.25) is 5.78 Å². The van der Waals surface area contributed by atoms with Crippen LogP contribution in [0.4, 0.5) is 0 Å². The van der Waals surface area contributed by atoms with E-state index in [1.807, 2.05) is 48.0 Å². The van der Waals surface area contributed by atoms with Gasteiger partial charge in [0, 0.05) is 25.0 Å². The van der Waals surface area contributed by atoms with Gasteiger partial charge in [-0.25, -0.2) is 9.36 Å². The average molecular weight is 423 g/mol. The number of carbonyl (C=O) groups excluding carboxylic acids is 1. The van der Waals surface area contributed by atoms with E-state index >= 15 is 0 Å². The normalized spacial score (nSPS) is 12.5. The molecule has 0 amide bonds. The van der Waals surface area contributed by atoms with Gasteiger partial charge in [0.1, 0.15) is 13.2 Å². The highest BCUT2D eigenvalue weighted by molar-refractivity contribution is 5.76. The zero-order valence-corrected chi connectivity index (χ0v) is 18.0. The van der Waals surface area contributed by atoms with Crippen molar-refractivity contribution in [2.45, 2.75) is 46.4 Å². The fraction of sp³-hybridized carbons (Fsp3) is 0.364. The third-order valence-electron chi connectivity index (χ3n) is 5.63. The SMILES string of the molecule is CCC(C)n1c(C)cn2c3c(=O)n(CC(=O)OCc4ccccc4)c(=O)n(C)c3nc12. The molecule has 0 aliphatic heterocycles. The minimum absolute atomic E-state index is 0.0743. The minimum atomic E-state index is -0.656. The standard InChI is InChI=1S/C22H25N5O4/c1-5-14(2)27-15(3)11-25-18-19(23-21(25)27)24(4)22(30)26(20(18)29)12-17(28)31-13-16-9-7-6-8-10-16/h6-11,14H,5,12-13H2,1-4H3. The molecule has 1 unspecified atom stereocenters. The maximum Gasteiger partial charge on any atom is 0.333 e. The van der Waals surface area contributed by atoms with Crippen molar-refractivity contribution < 1.29 is 9.53 Å². The second-order valence-corrected chi connectivity index (χ2v) is 7.73. The number of rotatable bonds is 6. The van der Waals surface area contributed by atoms with Crippen LogP contribution in [-0.2, 0) is 29.7 Å². The van der Waals surface area contributed by atoms with Crippen LogP contribution in [0.5, 0.6) is 0 Å². The molecule has 3 heterocycles. The highest BCUT2D eigenvalue weighted by Crippen LogP contribution is 2.22. The topological polar surface area (TPSA) is 92.5 Å². The molecule has 0 spiro atoms. The highest BCUT2D eigenvalue weighted by Gasteiger charge is 2.22. The molecule has 0 radical (unpaired) electrons. The summed E-state index contributed by atoms with van der Waals surface area (Å²) in [6.07, 6.45) is 2.73. The van der Waals surface area contributed by atoms with Crippen molar-refractivity contribution in [2.75, 3.05) is 0 Å². The first-order valence-electron chi connectivity index (χ1n) is 10.2. The molecule has 1 atom stereocenters. The number of aromatic nitrogens is 5. The van der Waals surface area contributed by atoms with Gasteiger partial charge in [-0.1, -0.05) is 37.3 Å². The van der Waals surface area contributed by atoms with Crippen molar-refractivity contribution in [2.24, 2.45) is 7.05 Å². The molecule has 0 aliphatic rings. The smallest absolute Gasteiger partial charge is 0.333 e. The van der Waals surface area contributed by atoms with Crippen LogP contribution >= 0.6 is 0 Å². The molecular weight excluding hydrogens is 398 g/mol. The van der Waals surface area contributed by atoms with E-state index < -0.39 is 23.8 Å². The Kier molecular flexibility index (Phi) is 5.26. The monoisotopic (exact) mass is 423 g/mol. The molecule has 162 valence electrons. The second-order valence-electron chi connectivity index (χ2n) is 7.73. The molecule has 0 N–H and O–H groups in total. The lowest BCUT2D eigenvalue weighted by atomic mass is 10.2. The number of carbonyl (C=O) groups is 1. The molecule has 0 fully saturated rings. The highest BCUT2D eigenvalue weighted by atomic mass is 16.5. The van der Waals surface area contributed by atoms with Gasteiger partial charge in [-0.05, 0) is 25.8 Å². The molecule has 4 aromatic rings. The van der Waals surface area contributed by atoms with Gasteiger partial charge in [-0.15, -0.1) is 0 Å². The number of imidazole rings is 2. The number of ether oxygens (including phenoxy) is 1. The summed E-state index contributed by atoms with van der Waals surface area (Å²) < 4.78 is 11.2. The predicted molar refractivity (Wildman–Crippen MR) is 116 cm³/mol. The zero-order valence-electron chi connectivity index (χ0n) is 18.0. The largest absolute Gasteiger partial charge is 0.459 e. The summed E-state index contributed by atoms with van der Waals surface area (Å²) >= 11 is 0. The maximum absolute atomic E-state index is 13.2. The third kappa shape index (κ3) is 3.45. The van der Waals surface area contributed by atoms with E-state index in [1.54, 1.807) is 11.4 Å². The van der Waals surface area contributed by atoms with E-state index in [4.69, 9.17) is 4.74 Å². The Morgan fingerprint density at radius 2 is 1.90 bits per heavy atom. The summed E-state index contributed by atoms with van der Waals surface area (Å²) in [7, 11) is 1.54. The molecule has 9 heteroatoms. The van der Waals surface area contributed by atoms with Crippen molar-refractivity contribution in [3.8, 4) is 0 Å². The van der Waals surface area contributed by atoms with Gasteiger partial charge >= 0.3 is 11.7 Å².